The maximum Gasteiger partial charge on any atom is 0.330 e. The van der Waals surface area contributed by atoms with E-state index in [1.165, 1.54) is 23.3 Å². The molecule has 0 fully saturated rings. The lowest BCUT2D eigenvalue weighted by Crippen LogP contribution is -2.32. The van der Waals surface area contributed by atoms with Crippen LogP contribution in [0.3, 0.4) is 0 Å². The highest BCUT2D eigenvalue weighted by molar-refractivity contribution is 5.81. The Morgan fingerprint density at radius 1 is 0.614 bits per heavy atom. The van der Waals surface area contributed by atoms with E-state index in [1.54, 1.807) is 0 Å². The van der Waals surface area contributed by atoms with Crippen LogP contribution in [0.1, 0.15) is 111 Å². The van der Waals surface area contributed by atoms with Gasteiger partial charge in [-0.25, -0.2) is 9.59 Å². The lowest BCUT2D eigenvalue weighted by atomic mass is 9.76. The molecule has 2 aromatic carbocycles. The first-order chi connectivity index (χ1) is 20.3. The lowest BCUT2D eigenvalue weighted by Gasteiger charge is -2.33. The normalized spacial score (nSPS) is 14.0. The molecule has 0 aliphatic carbocycles. The van der Waals surface area contributed by atoms with Gasteiger partial charge in [-0.3, -0.25) is 0 Å². The second kappa shape index (κ2) is 14.7. The third kappa shape index (κ3) is 10.2. The molecule has 0 bridgehead atoms. The topological polar surface area (TPSA) is 71.1 Å². The van der Waals surface area contributed by atoms with Gasteiger partial charge in [0.2, 0.25) is 0 Å². The minimum absolute atomic E-state index is 0.219. The molecule has 0 heterocycles. The molecule has 242 valence electrons. The molecule has 0 spiro atoms. The molecule has 0 amide bonds. The summed E-state index contributed by atoms with van der Waals surface area (Å²) in [4.78, 5) is 23.2. The van der Waals surface area contributed by atoms with E-state index in [0.717, 1.165) is 17.5 Å². The summed E-state index contributed by atoms with van der Waals surface area (Å²) < 4.78 is 23.5. The second-order valence-corrected chi connectivity index (χ2v) is 13.8. The van der Waals surface area contributed by atoms with Gasteiger partial charge in [-0.15, -0.1) is 0 Å². The summed E-state index contributed by atoms with van der Waals surface area (Å²) in [5.41, 5.74) is 2.14. The highest BCUT2D eigenvalue weighted by atomic mass is 16.6. The molecule has 1 atom stereocenters. The molecular formula is C38H54O6. The average Bonchev–Trinajstić information content (AvgIpc) is 2.96. The zero-order valence-electron chi connectivity index (χ0n) is 28.7. The molecule has 1 unspecified atom stereocenters. The molecule has 6 nitrogen and oxygen atoms in total. The van der Waals surface area contributed by atoms with Crippen LogP contribution in [-0.4, -0.2) is 36.4 Å². The number of esters is 2. The van der Waals surface area contributed by atoms with E-state index in [9.17, 15) is 9.59 Å². The van der Waals surface area contributed by atoms with Crippen molar-refractivity contribution in [2.24, 2.45) is 0 Å². The van der Waals surface area contributed by atoms with E-state index in [0.29, 0.717) is 26.1 Å². The van der Waals surface area contributed by atoms with Crippen molar-refractivity contribution in [3.63, 3.8) is 0 Å². The number of hydrogen-bond donors (Lipinski definition) is 0. The first kappa shape index (κ1) is 37.0. The Labute approximate surface area is 265 Å². The Bertz CT molecular complexity index is 1270. The van der Waals surface area contributed by atoms with E-state index < -0.39 is 34.3 Å². The predicted molar refractivity (Wildman–Crippen MR) is 178 cm³/mol. The summed E-state index contributed by atoms with van der Waals surface area (Å²) in [5.74, 6) is -0.859. The number of rotatable bonds is 17. The molecule has 0 aliphatic rings. The quantitative estimate of drug-likeness (QED) is 0.133. The molecule has 44 heavy (non-hydrogen) atoms. The van der Waals surface area contributed by atoms with E-state index in [4.69, 9.17) is 18.9 Å². The predicted octanol–water partition coefficient (Wildman–Crippen LogP) is 8.70. The fourth-order valence-corrected chi connectivity index (χ4v) is 4.97. The number of carbonyl (C=O) groups is 2. The third-order valence-electron chi connectivity index (χ3n) is 8.57. The highest BCUT2D eigenvalue weighted by Gasteiger charge is 2.31. The van der Waals surface area contributed by atoms with Crippen molar-refractivity contribution in [1.29, 1.82) is 0 Å². The fraction of sp³-hybridized carbons (Fsp3) is 0.526. The fourth-order valence-electron chi connectivity index (χ4n) is 4.97. The molecular weight excluding hydrogens is 552 g/mol. The number of hydrogen-bond acceptors (Lipinski definition) is 6. The molecule has 2 rings (SSSR count). The van der Waals surface area contributed by atoms with E-state index in [1.807, 2.05) is 27.7 Å². The van der Waals surface area contributed by atoms with Crippen LogP contribution in [0.15, 0.2) is 73.8 Å². The van der Waals surface area contributed by atoms with E-state index >= 15 is 0 Å². The first-order valence-corrected chi connectivity index (χ1v) is 15.5. The van der Waals surface area contributed by atoms with Crippen molar-refractivity contribution < 1.29 is 28.5 Å². The van der Waals surface area contributed by atoms with Crippen molar-refractivity contribution in [2.75, 3.05) is 13.2 Å². The van der Waals surface area contributed by atoms with Crippen LogP contribution in [0.5, 0.6) is 0 Å². The number of carbonyl (C=O) groups excluding carboxylic acids is 2. The molecule has 0 N–H and O–H groups in total. The van der Waals surface area contributed by atoms with Crippen LogP contribution < -0.4 is 0 Å². The van der Waals surface area contributed by atoms with Crippen LogP contribution in [0.2, 0.25) is 0 Å². The van der Waals surface area contributed by atoms with Gasteiger partial charge in [-0.1, -0.05) is 82.5 Å². The molecule has 0 saturated carbocycles. The Morgan fingerprint density at radius 2 is 0.977 bits per heavy atom. The minimum Gasteiger partial charge on any atom is -0.456 e. The van der Waals surface area contributed by atoms with Crippen LogP contribution in [0.4, 0.5) is 0 Å². The van der Waals surface area contributed by atoms with Crippen LogP contribution in [0, 0.1) is 0 Å². The summed E-state index contributed by atoms with van der Waals surface area (Å²) in [5, 5.41) is 0. The molecule has 0 saturated heterocycles. The van der Waals surface area contributed by atoms with Crippen molar-refractivity contribution in [3.8, 4) is 0 Å². The van der Waals surface area contributed by atoms with E-state index in [2.05, 4.69) is 103 Å². The monoisotopic (exact) mass is 606 g/mol. The first-order valence-electron chi connectivity index (χ1n) is 15.5. The van der Waals surface area contributed by atoms with Crippen molar-refractivity contribution in [3.05, 3.63) is 96.1 Å². The van der Waals surface area contributed by atoms with Gasteiger partial charge in [0.15, 0.2) is 0 Å². The molecule has 0 radical (unpaired) electrons. The van der Waals surface area contributed by atoms with Gasteiger partial charge >= 0.3 is 11.9 Å². The zero-order chi connectivity index (χ0) is 33.4. The van der Waals surface area contributed by atoms with Gasteiger partial charge in [-0.05, 0) is 77.1 Å². The van der Waals surface area contributed by atoms with Crippen molar-refractivity contribution in [2.45, 2.75) is 116 Å². The average molecular weight is 607 g/mol. The van der Waals surface area contributed by atoms with Gasteiger partial charge in [0.1, 0.15) is 11.2 Å². The largest absolute Gasteiger partial charge is 0.456 e. The van der Waals surface area contributed by atoms with Crippen molar-refractivity contribution >= 4 is 11.9 Å². The zero-order valence-corrected chi connectivity index (χ0v) is 28.7. The van der Waals surface area contributed by atoms with Crippen LogP contribution >= 0.6 is 0 Å². The second-order valence-electron chi connectivity index (χ2n) is 13.8. The number of ether oxygens (including phenoxy) is 4. The smallest absolute Gasteiger partial charge is 0.330 e. The molecule has 0 aliphatic heterocycles. The Hall–Kier alpha value is -3.22. The van der Waals surface area contributed by atoms with Gasteiger partial charge in [-0.2, -0.15) is 0 Å². The summed E-state index contributed by atoms with van der Waals surface area (Å²) in [7, 11) is 0. The van der Waals surface area contributed by atoms with Crippen LogP contribution in [0.25, 0.3) is 0 Å². The van der Waals surface area contributed by atoms with E-state index in [-0.39, 0.29) is 5.41 Å². The number of benzene rings is 2. The van der Waals surface area contributed by atoms with Gasteiger partial charge < -0.3 is 18.9 Å². The van der Waals surface area contributed by atoms with Crippen LogP contribution in [-0.2, 0) is 45.2 Å². The third-order valence-corrected chi connectivity index (χ3v) is 8.57. The Kier molecular flexibility index (Phi) is 12.4. The van der Waals surface area contributed by atoms with Crippen molar-refractivity contribution in [1.82, 2.24) is 0 Å². The summed E-state index contributed by atoms with van der Waals surface area (Å²) >= 11 is 0. The SMILES string of the molecule is C=CC(=O)OC(C)(C)CCOC(C)(C)c1ccc(C(C)(C)c2ccc(C(C)(CC)OCCC(C)(C)OC(=O)C=C)cc2)cc1. The summed E-state index contributed by atoms with van der Waals surface area (Å²) in [6, 6.07) is 17.3. The summed E-state index contributed by atoms with van der Waals surface area (Å²) in [6.45, 7) is 28.1. The molecule has 6 heteroatoms. The minimum atomic E-state index is -0.635. The van der Waals surface area contributed by atoms with Gasteiger partial charge in [0.25, 0.3) is 0 Å². The maximum absolute atomic E-state index is 11.6. The maximum atomic E-state index is 11.6. The standard InChI is InChI=1S/C38H54O6/c1-13-32(39)43-34(4,5)24-26-41-37(10,11)30-20-16-28(17-21-30)36(8,9)29-18-22-31(23-19-29)38(12,15-3)42-27-25-35(6,7)44-33(40)14-2/h13-14,16-23H,1-2,15,24-27H2,3-12H3. The summed E-state index contributed by atoms with van der Waals surface area (Å²) in [6.07, 6.45) is 4.32. The Morgan fingerprint density at radius 3 is 1.36 bits per heavy atom. The lowest BCUT2D eigenvalue weighted by molar-refractivity contribution is -0.154. The highest BCUT2D eigenvalue weighted by Crippen LogP contribution is 2.36. The Balaban J connectivity index is 2.09. The van der Waals surface area contributed by atoms with Gasteiger partial charge in [0.05, 0.1) is 24.4 Å². The molecule has 2 aromatic rings. The van der Waals surface area contributed by atoms with Gasteiger partial charge in [0, 0.05) is 30.4 Å². The molecule has 0 aromatic heterocycles.